The Balaban J connectivity index is 1.62. The van der Waals surface area contributed by atoms with E-state index in [1.165, 1.54) is 15.9 Å². The second-order valence-electron chi connectivity index (χ2n) is 11.2. The second-order valence-corrected chi connectivity index (χ2v) is 11.2. The number of benzene rings is 1. The molecule has 0 bridgehead atoms. The Morgan fingerprint density at radius 2 is 1.88 bits per heavy atom. The molecule has 2 saturated heterocycles. The van der Waals surface area contributed by atoms with E-state index in [0.717, 1.165) is 24.3 Å². The SMILES string of the molecule is CC(C)(C=C(C#N)C(=O)N1CCCC[C@@H]1COC(=O)NC(Cc1ccc(C(F)(F)F)cc1)B(O)O)N1CCC(F)(F)C1. The highest BCUT2D eigenvalue weighted by atomic mass is 19.4. The van der Waals surface area contributed by atoms with E-state index in [2.05, 4.69) is 5.32 Å². The van der Waals surface area contributed by atoms with Gasteiger partial charge >= 0.3 is 19.4 Å². The largest absolute Gasteiger partial charge is 0.475 e. The van der Waals surface area contributed by atoms with E-state index >= 15 is 0 Å². The molecule has 230 valence electrons. The number of amides is 2. The average molecular weight is 600 g/mol. The summed E-state index contributed by atoms with van der Waals surface area (Å²) in [4.78, 5) is 28.7. The third-order valence-electron chi connectivity index (χ3n) is 7.53. The molecule has 3 rings (SSSR count). The van der Waals surface area contributed by atoms with Gasteiger partial charge in [0.15, 0.2) is 0 Å². The lowest BCUT2D eigenvalue weighted by Crippen LogP contribution is -2.50. The summed E-state index contributed by atoms with van der Waals surface area (Å²) in [6, 6.07) is 5.28. The number of hydrogen-bond acceptors (Lipinski definition) is 7. The maximum Gasteiger partial charge on any atom is 0.475 e. The van der Waals surface area contributed by atoms with Crippen molar-refractivity contribution in [1.82, 2.24) is 15.1 Å². The van der Waals surface area contributed by atoms with E-state index in [1.54, 1.807) is 13.8 Å². The zero-order valence-corrected chi connectivity index (χ0v) is 23.3. The van der Waals surface area contributed by atoms with Gasteiger partial charge in [-0.1, -0.05) is 12.1 Å². The molecule has 0 aliphatic carbocycles. The second kappa shape index (κ2) is 13.4. The van der Waals surface area contributed by atoms with Crippen LogP contribution in [0.25, 0.3) is 0 Å². The molecule has 0 radical (unpaired) electrons. The molecule has 0 spiro atoms. The average Bonchev–Trinajstić information content (AvgIpc) is 3.30. The summed E-state index contributed by atoms with van der Waals surface area (Å²) in [5.74, 6) is -4.76. The highest BCUT2D eigenvalue weighted by Crippen LogP contribution is 2.33. The topological polar surface area (TPSA) is 126 Å². The first-order valence-corrected chi connectivity index (χ1v) is 13.5. The van der Waals surface area contributed by atoms with Crippen LogP contribution < -0.4 is 5.32 Å². The Hall–Kier alpha value is -3.22. The van der Waals surface area contributed by atoms with Crippen molar-refractivity contribution in [3.63, 3.8) is 0 Å². The first-order valence-electron chi connectivity index (χ1n) is 13.5. The van der Waals surface area contributed by atoms with E-state index in [1.807, 2.05) is 6.07 Å². The van der Waals surface area contributed by atoms with Gasteiger partial charge in [-0.2, -0.15) is 18.4 Å². The summed E-state index contributed by atoms with van der Waals surface area (Å²) in [6.07, 6.45) is -2.89. The van der Waals surface area contributed by atoms with Gasteiger partial charge in [0.05, 0.1) is 24.1 Å². The number of carbonyl (C=O) groups excluding carboxylic acids is 2. The maximum atomic E-state index is 13.8. The summed E-state index contributed by atoms with van der Waals surface area (Å²) in [5.41, 5.74) is -1.77. The van der Waals surface area contributed by atoms with Gasteiger partial charge in [-0.3, -0.25) is 9.69 Å². The molecule has 2 fully saturated rings. The van der Waals surface area contributed by atoms with E-state index in [9.17, 15) is 46.9 Å². The van der Waals surface area contributed by atoms with E-state index in [4.69, 9.17) is 4.74 Å². The summed E-state index contributed by atoms with van der Waals surface area (Å²) in [7, 11) is -2.05. The smallest absolute Gasteiger partial charge is 0.447 e. The molecule has 0 aromatic heterocycles. The minimum Gasteiger partial charge on any atom is -0.447 e. The van der Waals surface area contributed by atoms with Crippen molar-refractivity contribution in [1.29, 1.82) is 5.26 Å². The van der Waals surface area contributed by atoms with Crippen molar-refractivity contribution >= 4 is 19.1 Å². The highest BCUT2D eigenvalue weighted by molar-refractivity contribution is 6.43. The number of ether oxygens (including phenoxy) is 1. The fourth-order valence-electron chi connectivity index (χ4n) is 5.09. The predicted octanol–water partition coefficient (Wildman–Crippen LogP) is 3.31. The number of hydrogen-bond donors (Lipinski definition) is 3. The van der Waals surface area contributed by atoms with Crippen molar-refractivity contribution in [2.75, 3.05) is 26.2 Å². The van der Waals surface area contributed by atoms with Crippen LogP contribution in [0.2, 0.25) is 0 Å². The monoisotopic (exact) mass is 600 g/mol. The van der Waals surface area contributed by atoms with Gasteiger partial charge in [0.2, 0.25) is 0 Å². The van der Waals surface area contributed by atoms with Gasteiger partial charge in [0.25, 0.3) is 11.8 Å². The minimum absolute atomic E-state index is 0.112. The van der Waals surface area contributed by atoms with Gasteiger partial charge in [-0.15, -0.1) is 0 Å². The Morgan fingerprint density at radius 1 is 1.21 bits per heavy atom. The first-order chi connectivity index (χ1) is 19.5. The first kappa shape index (κ1) is 33.3. The van der Waals surface area contributed by atoms with E-state index in [-0.39, 0.29) is 38.1 Å². The summed E-state index contributed by atoms with van der Waals surface area (Å²) < 4.78 is 71.2. The lowest BCUT2D eigenvalue weighted by molar-refractivity contribution is -0.137. The standard InChI is InChI=1S/C27H34BF5N4O5/c1-25(2,36-12-10-26(29,30)17-36)14-19(15-34)23(38)37-11-4-3-5-21(37)16-42-24(39)35-22(28(40)41)13-18-6-8-20(9-7-18)27(31,32)33/h6-9,14,21-22,40-41H,3-5,10-13,16-17H2,1-2H3,(H,35,39)/t21-,22?/m1/s1. The number of nitrogens with zero attached hydrogens (tertiary/aromatic N) is 3. The Bertz CT molecular complexity index is 1190. The Labute approximate surface area is 241 Å². The molecule has 0 saturated carbocycles. The lowest BCUT2D eigenvalue weighted by Gasteiger charge is -2.36. The number of piperidine rings is 1. The fraction of sp³-hybridized carbons (Fsp3) is 0.593. The van der Waals surface area contributed by atoms with Crippen LogP contribution in [-0.4, -0.2) is 88.7 Å². The molecule has 15 heteroatoms. The molecule has 42 heavy (non-hydrogen) atoms. The summed E-state index contributed by atoms with van der Waals surface area (Å²) >= 11 is 0. The minimum atomic E-state index is -4.53. The van der Waals surface area contributed by atoms with Crippen LogP contribution in [0.1, 0.15) is 50.7 Å². The van der Waals surface area contributed by atoms with Gasteiger partial charge in [0, 0.05) is 25.0 Å². The number of nitriles is 1. The third kappa shape index (κ3) is 8.89. The number of nitrogens with one attached hydrogen (secondary N) is 1. The van der Waals surface area contributed by atoms with E-state index in [0.29, 0.717) is 24.8 Å². The van der Waals surface area contributed by atoms with Crippen LogP contribution in [0, 0.1) is 11.3 Å². The molecule has 1 aromatic carbocycles. The number of alkyl halides is 5. The van der Waals surface area contributed by atoms with Gasteiger partial charge in [-0.25, -0.2) is 13.6 Å². The molecule has 1 aromatic rings. The number of rotatable bonds is 9. The zero-order chi connectivity index (χ0) is 31.3. The van der Waals surface area contributed by atoms with Crippen LogP contribution >= 0.6 is 0 Å². The Kier molecular flexibility index (Phi) is 10.6. The molecule has 2 amide bonds. The van der Waals surface area contributed by atoms with Crippen molar-refractivity contribution in [2.24, 2.45) is 0 Å². The third-order valence-corrected chi connectivity index (χ3v) is 7.53. The van der Waals surface area contributed by atoms with Crippen molar-refractivity contribution in [3.05, 3.63) is 47.0 Å². The highest BCUT2D eigenvalue weighted by Gasteiger charge is 2.43. The van der Waals surface area contributed by atoms with Crippen LogP contribution in [-0.2, 0) is 22.1 Å². The maximum absolute atomic E-state index is 13.8. The van der Waals surface area contributed by atoms with E-state index < -0.39 is 60.8 Å². The van der Waals surface area contributed by atoms with Crippen LogP contribution in [0.4, 0.5) is 26.7 Å². The molecular weight excluding hydrogens is 566 g/mol. The van der Waals surface area contributed by atoms with Crippen LogP contribution in [0.5, 0.6) is 0 Å². The van der Waals surface area contributed by atoms with Crippen molar-refractivity contribution in [2.45, 2.75) is 75.6 Å². The molecule has 9 nitrogen and oxygen atoms in total. The molecule has 2 atom stereocenters. The molecule has 2 aliphatic heterocycles. The molecular formula is C27H34BF5N4O5. The Morgan fingerprint density at radius 3 is 2.43 bits per heavy atom. The fourth-order valence-corrected chi connectivity index (χ4v) is 5.09. The summed E-state index contributed by atoms with van der Waals surface area (Å²) in [5, 5.41) is 31.4. The van der Waals surface area contributed by atoms with Gasteiger partial charge in [0.1, 0.15) is 18.2 Å². The van der Waals surface area contributed by atoms with Crippen molar-refractivity contribution in [3.8, 4) is 6.07 Å². The summed E-state index contributed by atoms with van der Waals surface area (Å²) in [6.45, 7) is 2.93. The lowest BCUT2D eigenvalue weighted by atomic mass is 9.76. The molecule has 1 unspecified atom stereocenters. The quantitative estimate of drug-likeness (QED) is 0.172. The zero-order valence-electron chi connectivity index (χ0n) is 23.3. The van der Waals surface area contributed by atoms with Gasteiger partial charge in [-0.05, 0) is 63.3 Å². The molecule has 2 heterocycles. The predicted molar refractivity (Wildman–Crippen MR) is 142 cm³/mol. The number of likely N-dealkylation sites (tertiary alicyclic amines) is 2. The molecule has 3 N–H and O–H groups in total. The number of halogens is 5. The van der Waals surface area contributed by atoms with Crippen LogP contribution in [0.3, 0.4) is 0 Å². The van der Waals surface area contributed by atoms with Crippen LogP contribution in [0.15, 0.2) is 35.9 Å². The van der Waals surface area contributed by atoms with Gasteiger partial charge < -0.3 is 25.0 Å². The number of alkyl carbamates (subject to hydrolysis) is 1. The number of carbonyl (C=O) groups is 2. The normalized spacial score (nSPS) is 20.5. The van der Waals surface area contributed by atoms with Crippen molar-refractivity contribution < 1.29 is 46.3 Å². The molecule has 2 aliphatic rings.